The number of fused-ring (bicyclic) bond motifs is 5. The van der Waals surface area contributed by atoms with Gasteiger partial charge in [-0.15, -0.1) is 34.8 Å². The Morgan fingerprint density at radius 2 is 0.635 bits per heavy atom. The minimum atomic E-state index is -0.912. The number of rotatable bonds is 17. The summed E-state index contributed by atoms with van der Waals surface area (Å²) in [6.07, 6.45) is 27.2. The molecule has 20 aliphatic rings. The molecule has 27 atom stereocenters. The van der Waals surface area contributed by atoms with Crippen molar-refractivity contribution < 1.29 is 68.1 Å². The van der Waals surface area contributed by atoms with Crippen molar-refractivity contribution in [3.05, 3.63) is 203 Å². The van der Waals surface area contributed by atoms with Crippen molar-refractivity contribution in [1.82, 2.24) is 45.8 Å². The summed E-state index contributed by atoms with van der Waals surface area (Å²) in [7, 11) is 0. The number of nitrogens with zero attached hydrogens (tertiary/aromatic N) is 5. The number of amides is 5. The van der Waals surface area contributed by atoms with Crippen molar-refractivity contribution in [3.8, 4) is 0 Å². The molecule has 6 aliphatic carbocycles. The fourth-order valence-electron chi connectivity index (χ4n) is 27.3. The van der Waals surface area contributed by atoms with Gasteiger partial charge in [-0.05, 0) is 148 Å². The number of carbonyl (C=O) groups excluding carboxylic acids is 5. The monoisotopic (exact) mass is 1940 g/mol. The third kappa shape index (κ3) is 19.8. The maximum Gasteiger partial charge on any atom is 0.252 e. The van der Waals surface area contributed by atoms with Crippen molar-refractivity contribution in [1.29, 1.82) is 0 Å². The average molecular weight is 1940 g/mol. The van der Waals surface area contributed by atoms with Crippen LogP contribution < -0.4 is 21.3 Å². The van der Waals surface area contributed by atoms with Gasteiger partial charge < -0.3 is 89.9 Å². The zero-order valence-corrected chi connectivity index (χ0v) is 84.4. The number of hydrogen-bond donors (Lipinski definition) is 8. The van der Waals surface area contributed by atoms with Gasteiger partial charge in [-0.3, -0.25) is 24.0 Å². The molecule has 14 aliphatic heterocycles. The van der Waals surface area contributed by atoms with Crippen LogP contribution in [0.3, 0.4) is 0 Å². The van der Waals surface area contributed by atoms with Crippen LogP contribution in [0.5, 0.6) is 0 Å². The summed E-state index contributed by atoms with van der Waals surface area (Å²) in [5.41, 5.74) is 8.67. The summed E-state index contributed by atoms with van der Waals surface area (Å²) in [4.78, 5) is 71.6. The van der Waals surface area contributed by atoms with Crippen LogP contribution in [0.15, 0.2) is 175 Å². The third-order valence-electron chi connectivity index (χ3n) is 35.3. The van der Waals surface area contributed by atoms with Gasteiger partial charge in [0.15, 0.2) is 31.1 Å². The van der Waals surface area contributed by atoms with Gasteiger partial charge in [0.05, 0.1) is 105 Å². The van der Waals surface area contributed by atoms with Gasteiger partial charge in [0, 0.05) is 114 Å². The molecule has 15 unspecified atom stereocenters. The first-order valence-electron chi connectivity index (χ1n) is 52.0. The van der Waals surface area contributed by atoms with E-state index in [0.29, 0.717) is 130 Å². The first-order valence-corrected chi connectivity index (χ1v) is 53.2. The van der Waals surface area contributed by atoms with Crippen LogP contribution in [0, 0.1) is 68.0 Å². The lowest BCUT2D eigenvalue weighted by atomic mass is 9.96. The van der Waals surface area contributed by atoms with Crippen LogP contribution in [0.25, 0.3) is 0 Å². The van der Waals surface area contributed by atoms with Crippen molar-refractivity contribution in [3.63, 3.8) is 0 Å². The van der Waals surface area contributed by atoms with E-state index in [0.717, 1.165) is 140 Å². The Hall–Kier alpha value is -6.72. The molecule has 14 heterocycles. The molecule has 6 saturated carbocycles. The number of hydrogen-bond acceptors (Lipinski definition) is 18. The summed E-state index contributed by atoms with van der Waals surface area (Å²) in [6.45, 7) is 28.4. The Kier molecular flexibility index (Phi) is 31.7. The largest absolute Gasteiger partial charge is 0.395 e. The first kappa shape index (κ1) is 102. The van der Waals surface area contributed by atoms with E-state index in [4.69, 9.17) is 78.9 Å². The molecule has 25 rings (SSSR count). The molecule has 5 amide bonds. The zero-order chi connectivity index (χ0) is 96.6. The zero-order valence-electron chi connectivity index (χ0n) is 82.1. The van der Waals surface area contributed by atoms with Crippen molar-refractivity contribution in [2.45, 2.75) is 298 Å². The first-order chi connectivity index (χ1) is 66.3. The predicted molar refractivity (Wildman–Crippen MR) is 532 cm³/mol. The summed E-state index contributed by atoms with van der Waals surface area (Å²) in [5.74, 6) is 4.94. The Morgan fingerprint density at radius 3 is 0.905 bits per heavy atom. The molecule has 0 aromatic heterocycles. The number of halogens is 3. The van der Waals surface area contributed by atoms with Gasteiger partial charge in [0.1, 0.15) is 4.33 Å². The van der Waals surface area contributed by atoms with Gasteiger partial charge in [-0.2, -0.15) is 0 Å². The summed E-state index contributed by atoms with van der Waals surface area (Å²) in [6, 6.07) is 52.4. The Bertz CT molecular complexity index is 4660. The quantitative estimate of drug-likeness (QED) is 0.0317. The highest BCUT2D eigenvalue weighted by Gasteiger charge is 2.84. The van der Waals surface area contributed by atoms with Gasteiger partial charge >= 0.3 is 0 Å². The summed E-state index contributed by atoms with van der Waals surface area (Å²) >= 11 is 19.6. The molecule has 6 spiro atoms. The molecule has 0 bridgehead atoms. The maximum absolute atomic E-state index is 13.1. The van der Waals surface area contributed by atoms with Gasteiger partial charge in [-0.1, -0.05) is 251 Å². The third-order valence-corrected chi connectivity index (χ3v) is 37.1. The summed E-state index contributed by atoms with van der Waals surface area (Å²) in [5, 5.41) is 49.2. The highest BCUT2D eigenvalue weighted by Crippen LogP contribution is 2.77. The number of aliphatic hydroxyl groups is 4. The van der Waals surface area contributed by atoms with Crippen LogP contribution in [0.1, 0.15) is 263 Å². The molecule has 8 N–H and O–H groups in total. The number of benzene rings is 5. The molecule has 14 saturated heterocycles. The van der Waals surface area contributed by atoms with E-state index in [1.165, 1.54) is 77.0 Å². The van der Waals surface area contributed by atoms with E-state index in [1.807, 2.05) is 202 Å². The van der Waals surface area contributed by atoms with Crippen LogP contribution in [0.4, 0.5) is 0 Å². The molecule has 746 valence electrons. The number of alkyl halides is 3. The smallest absolute Gasteiger partial charge is 0.252 e. The Morgan fingerprint density at radius 1 is 0.350 bits per heavy atom. The summed E-state index contributed by atoms with van der Waals surface area (Å²) < 4.78 is 28.1. The molecule has 26 heteroatoms. The van der Waals surface area contributed by atoms with E-state index in [2.05, 4.69) is 69.7 Å². The molecular weight excluding hydrogens is 1790 g/mol. The van der Waals surface area contributed by atoms with E-state index in [-0.39, 0.29) is 101 Å². The normalized spacial score (nSPS) is 39.4. The number of carbonyl (C=O) groups is 5. The minimum Gasteiger partial charge on any atom is -0.395 e. The highest BCUT2D eigenvalue weighted by molar-refractivity contribution is 6.53. The molecule has 5 aromatic rings. The fraction of sp³-hybridized carbons (Fsp3) is 0.649. The molecule has 20 fully saturated rings. The van der Waals surface area contributed by atoms with E-state index >= 15 is 0 Å². The molecule has 137 heavy (non-hydrogen) atoms. The van der Waals surface area contributed by atoms with E-state index in [9.17, 15) is 24.0 Å². The number of nitrogens with one attached hydrogen (secondary N) is 4. The highest BCUT2D eigenvalue weighted by atomic mass is 35.5. The Balaban J connectivity index is 0.000000108. The van der Waals surface area contributed by atoms with E-state index in [1.54, 1.807) is 0 Å². The SMILES string of the molecule is CC/C=C1/CC2CO[C@H](c3ccccc3)N2C1=O.CC/C=C1\CC2CO[C@H](c3ccccc3)N2C1=O.CC[C@@H]1CC12CNC(CO)C2.CC[C@@H]1CC12CNC(CO)C2.CC[C@H]1C(Cl)(Cl)C12CC1CO[C@H](c3ccccc3)N1C2=O.CC[C@H]1C2(CC3CO[C@H](c4ccccc4)N3C2=O)[C@]1(C)Cl.CC[C@H]1CC12CNC(CO)C2.CC[C@H]1CC12CNC(CO)C2.O=C1CCC2CO[C@H](c3ccccc3)N12. The van der Waals surface area contributed by atoms with Crippen LogP contribution in [0.2, 0.25) is 0 Å². The Labute approximate surface area is 827 Å². The van der Waals surface area contributed by atoms with Crippen LogP contribution in [-0.4, -0.2) is 224 Å². The second-order valence-corrected chi connectivity index (χ2v) is 45.3. The molecule has 23 nitrogen and oxygen atoms in total. The maximum atomic E-state index is 13.1. The minimum absolute atomic E-state index is 0.0582. The molecule has 0 radical (unpaired) electrons. The molecular formula is C111H152Cl3N9O14. The van der Waals surface area contributed by atoms with Crippen molar-refractivity contribution in [2.24, 2.45) is 68.0 Å². The van der Waals surface area contributed by atoms with Gasteiger partial charge in [0.2, 0.25) is 17.7 Å². The van der Waals surface area contributed by atoms with E-state index < -0.39 is 9.75 Å². The van der Waals surface area contributed by atoms with Crippen molar-refractivity contribution in [2.75, 3.05) is 85.6 Å². The topological polar surface area (TPSA) is 277 Å². The number of aliphatic hydroxyl groups excluding tert-OH is 4. The lowest BCUT2D eigenvalue weighted by Gasteiger charge is -2.23. The standard InChI is InChI=1S/C17H20ClNO2.C16H17Cl2NO2.2C15H17NO2.C12H13NO2.4C9H17NO/c1-3-13-16(2,18)17(13)9-12-10-21-14(19(12)15(17)20)11-7-5-4-6-8-11;1-2-12-15(16(12,17)18)8-11-9-21-13(19(11)14(15)20)10-6-4-3-5-7-10;2*1-2-6-12-9-13-10-18-15(16(13)14(12)17)11-7-4-3-5-8-11;14-11-7-6-10-8-15-12(13(10)11)9-4-2-1-3-5-9;4*1-2-7-3-9(7)4-8(5-11)10-6-9/h4-8,12-14H,3,9-10H2,1-2H3;3-7,11-13H,2,8-9H2,1H3;2*3-8,13,15H,2,9-10H2,1H3;1-5,10,12H,6-8H2;4*7-8,10-11H,2-6H2,1H3/b;;12-6+;12-6-;;;;;/t12?,13-,14-,16-,17?;11?,12-,13-,15?;2*13?,15-;10?,12-;4*7-,8?,9?/m111111100/s1. The van der Waals surface area contributed by atoms with Gasteiger partial charge in [0.25, 0.3) is 11.8 Å². The molecule has 5 aromatic carbocycles. The lowest BCUT2D eigenvalue weighted by molar-refractivity contribution is -0.140. The van der Waals surface area contributed by atoms with Gasteiger partial charge in [-0.25, -0.2) is 0 Å². The second kappa shape index (κ2) is 42.7. The van der Waals surface area contributed by atoms with Crippen LogP contribution >= 0.6 is 34.8 Å². The lowest BCUT2D eigenvalue weighted by Crippen LogP contribution is -2.34. The number of allylic oxidation sites excluding steroid dienone is 2. The predicted octanol–water partition coefficient (Wildman–Crippen LogP) is 16.9. The van der Waals surface area contributed by atoms with Crippen molar-refractivity contribution >= 4 is 64.3 Å². The number of ether oxygens (including phenoxy) is 5. The van der Waals surface area contributed by atoms with Crippen LogP contribution in [-0.2, 0) is 47.7 Å². The average Bonchev–Trinajstić information content (AvgIpc) is 1.48. The fourth-order valence-corrected chi connectivity index (χ4v) is 29.0. The second-order valence-electron chi connectivity index (χ2n) is 43.1.